The maximum absolute atomic E-state index is 12.2. The molecule has 7 nitrogen and oxygen atoms in total. The summed E-state index contributed by atoms with van der Waals surface area (Å²) in [6, 6.07) is 12.6. The average molecular weight is 324 g/mol. The van der Waals surface area contributed by atoms with Gasteiger partial charge in [-0.1, -0.05) is 11.6 Å². The van der Waals surface area contributed by atoms with Crippen LogP contribution in [0.1, 0.15) is 21.5 Å². The molecule has 1 heterocycles. The Kier molecular flexibility index (Phi) is 4.51. The number of aryl methyl sites for hydroxylation is 1. The Bertz CT molecular complexity index is 830. The highest BCUT2D eigenvalue weighted by Crippen LogP contribution is 2.21. The van der Waals surface area contributed by atoms with Gasteiger partial charge in [0.1, 0.15) is 18.7 Å². The molecule has 7 heteroatoms. The van der Waals surface area contributed by atoms with Crippen LogP contribution < -0.4 is 4.74 Å². The second kappa shape index (κ2) is 6.91. The number of carbonyl (C=O) groups excluding carboxylic acids is 1. The summed E-state index contributed by atoms with van der Waals surface area (Å²) in [7, 11) is 1.59. The molecule has 0 unspecified atom stereocenters. The average Bonchev–Trinajstić information content (AvgIpc) is 3.14. The maximum atomic E-state index is 12.2. The van der Waals surface area contributed by atoms with Crippen molar-refractivity contribution in [3.8, 4) is 11.4 Å². The van der Waals surface area contributed by atoms with Crippen LogP contribution in [0, 0.1) is 6.92 Å². The lowest BCUT2D eigenvalue weighted by molar-refractivity contribution is 0.0470. The van der Waals surface area contributed by atoms with Gasteiger partial charge in [0.05, 0.1) is 18.4 Å². The van der Waals surface area contributed by atoms with Crippen LogP contribution >= 0.6 is 0 Å². The van der Waals surface area contributed by atoms with Crippen molar-refractivity contribution in [2.24, 2.45) is 0 Å². The summed E-state index contributed by atoms with van der Waals surface area (Å²) < 4.78 is 12.2. The highest BCUT2D eigenvalue weighted by molar-refractivity contribution is 5.89. The Morgan fingerprint density at radius 1 is 1.17 bits per heavy atom. The molecular weight excluding hydrogens is 308 g/mol. The number of methoxy groups -OCH3 is 1. The molecule has 24 heavy (non-hydrogen) atoms. The van der Waals surface area contributed by atoms with Crippen molar-refractivity contribution in [2.75, 3.05) is 7.11 Å². The van der Waals surface area contributed by atoms with Crippen LogP contribution in [0.2, 0.25) is 0 Å². The van der Waals surface area contributed by atoms with Crippen LogP contribution in [0.4, 0.5) is 0 Å². The van der Waals surface area contributed by atoms with E-state index in [1.165, 1.54) is 11.0 Å². The van der Waals surface area contributed by atoms with Gasteiger partial charge in [-0.15, -0.1) is 5.10 Å². The monoisotopic (exact) mass is 324 g/mol. The number of esters is 1. The topological polar surface area (TPSA) is 79.1 Å². The number of tetrazole rings is 1. The molecule has 122 valence electrons. The zero-order valence-corrected chi connectivity index (χ0v) is 13.3. The van der Waals surface area contributed by atoms with E-state index >= 15 is 0 Å². The number of hydrogen-bond acceptors (Lipinski definition) is 6. The summed E-state index contributed by atoms with van der Waals surface area (Å²) in [5.74, 6) is 0.296. The van der Waals surface area contributed by atoms with Gasteiger partial charge in [-0.2, -0.15) is 0 Å². The van der Waals surface area contributed by atoms with E-state index in [4.69, 9.17) is 9.47 Å². The van der Waals surface area contributed by atoms with Gasteiger partial charge in [-0.25, -0.2) is 9.48 Å². The fourth-order valence-electron chi connectivity index (χ4n) is 2.28. The summed E-state index contributed by atoms with van der Waals surface area (Å²) in [4.78, 5) is 12.2. The molecule has 3 rings (SSSR count). The standard InChI is InChI=1S/C17H16N4O3/c1-12-3-8-16(23-2)14(9-12)10-24-17(22)13-4-6-15(7-5-13)21-11-18-19-20-21/h3-9,11H,10H2,1-2H3. The SMILES string of the molecule is COc1ccc(C)cc1COC(=O)c1ccc(-n2cnnn2)cc1. The van der Waals surface area contributed by atoms with Gasteiger partial charge in [0, 0.05) is 5.56 Å². The third-order valence-corrected chi connectivity index (χ3v) is 3.51. The molecule has 0 N–H and O–H groups in total. The summed E-state index contributed by atoms with van der Waals surface area (Å²) in [5.41, 5.74) is 3.12. The van der Waals surface area contributed by atoms with Crippen molar-refractivity contribution in [1.82, 2.24) is 20.2 Å². The van der Waals surface area contributed by atoms with Gasteiger partial charge in [0.2, 0.25) is 0 Å². The first kappa shape index (κ1) is 15.7. The molecule has 0 aliphatic carbocycles. The zero-order valence-electron chi connectivity index (χ0n) is 13.3. The molecule has 0 fully saturated rings. The fraction of sp³-hybridized carbons (Fsp3) is 0.176. The summed E-state index contributed by atoms with van der Waals surface area (Å²) in [5, 5.41) is 10.9. The van der Waals surface area contributed by atoms with Crippen molar-refractivity contribution in [1.29, 1.82) is 0 Å². The Labute approximate surface area is 138 Å². The Balaban J connectivity index is 1.68. The van der Waals surface area contributed by atoms with Gasteiger partial charge in [-0.3, -0.25) is 0 Å². The highest BCUT2D eigenvalue weighted by Gasteiger charge is 2.10. The lowest BCUT2D eigenvalue weighted by Crippen LogP contribution is -2.06. The van der Waals surface area contributed by atoms with Crippen LogP contribution in [0.3, 0.4) is 0 Å². The summed E-state index contributed by atoms with van der Waals surface area (Å²) >= 11 is 0. The van der Waals surface area contributed by atoms with Crippen LogP contribution in [-0.4, -0.2) is 33.3 Å². The molecule has 2 aromatic carbocycles. The first-order valence-electron chi connectivity index (χ1n) is 7.31. The molecule has 0 amide bonds. The largest absolute Gasteiger partial charge is 0.496 e. The van der Waals surface area contributed by atoms with E-state index in [2.05, 4.69) is 15.5 Å². The minimum Gasteiger partial charge on any atom is -0.496 e. The van der Waals surface area contributed by atoms with Crippen molar-refractivity contribution in [3.05, 3.63) is 65.5 Å². The van der Waals surface area contributed by atoms with Crippen LogP contribution in [0.25, 0.3) is 5.69 Å². The number of hydrogen-bond donors (Lipinski definition) is 0. The smallest absolute Gasteiger partial charge is 0.338 e. The Morgan fingerprint density at radius 3 is 2.62 bits per heavy atom. The number of rotatable bonds is 5. The molecule has 0 spiro atoms. The van der Waals surface area contributed by atoms with E-state index in [9.17, 15) is 4.79 Å². The van der Waals surface area contributed by atoms with Gasteiger partial charge in [-0.05, 0) is 53.7 Å². The predicted molar refractivity (Wildman–Crippen MR) is 86.0 cm³/mol. The van der Waals surface area contributed by atoms with Gasteiger partial charge >= 0.3 is 5.97 Å². The zero-order chi connectivity index (χ0) is 16.9. The molecule has 0 aliphatic rings. The van der Waals surface area contributed by atoms with Crippen LogP contribution in [0.15, 0.2) is 48.8 Å². The van der Waals surface area contributed by atoms with Crippen LogP contribution in [0.5, 0.6) is 5.75 Å². The Hall–Kier alpha value is -3.22. The quantitative estimate of drug-likeness (QED) is 0.670. The van der Waals surface area contributed by atoms with E-state index in [0.717, 1.165) is 16.8 Å². The molecule has 3 aromatic rings. The lowest BCUT2D eigenvalue weighted by atomic mass is 10.1. The Morgan fingerprint density at radius 2 is 1.96 bits per heavy atom. The normalized spacial score (nSPS) is 10.4. The third kappa shape index (κ3) is 3.40. The van der Waals surface area contributed by atoms with E-state index in [0.29, 0.717) is 11.3 Å². The molecule has 1 aromatic heterocycles. The summed E-state index contributed by atoms with van der Waals surface area (Å²) in [6.45, 7) is 2.13. The molecule has 0 saturated carbocycles. The minimum atomic E-state index is -0.401. The number of nitrogens with zero attached hydrogens (tertiary/aromatic N) is 4. The van der Waals surface area contributed by atoms with Crippen molar-refractivity contribution >= 4 is 5.97 Å². The van der Waals surface area contributed by atoms with E-state index in [1.54, 1.807) is 31.4 Å². The first-order valence-corrected chi connectivity index (χ1v) is 7.31. The van der Waals surface area contributed by atoms with E-state index in [1.807, 2.05) is 25.1 Å². The number of aromatic nitrogens is 4. The highest BCUT2D eigenvalue weighted by atomic mass is 16.5. The van der Waals surface area contributed by atoms with E-state index in [-0.39, 0.29) is 6.61 Å². The number of benzene rings is 2. The molecule has 0 saturated heterocycles. The van der Waals surface area contributed by atoms with Gasteiger partial charge < -0.3 is 9.47 Å². The predicted octanol–water partition coefficient (Wildman–Crippen LogP) is 2.34. The minimum absolute atomic E-state index is 0.151. The molecule has 0 bridgehead atoms. The molecule has 0 atom stereocenters. The van der Waals surface area contributed by atoms with Gasteiger partial charge in [0.25, 0.3) is 0 Å². The van der Waals surface area contributed by atoms with Crippen molar-refractivity contribution < 1.29 is 14.3 Å². The molecule has 0 aliphatic heterocycles. The molecule has 0 radical (unpaired) electrons. The lowest BCUT2D eigenvalue weighted by Gasteiger charge is -2.10. The van der Waals surface area contributed by atoms with Crippen LogP contribution in [-0.2, 0) is 11.3 Å². The van der Waals surface area contributed by atoms with Crippen molar-refractivity contribution in [3.63, 3.8) is 0 Å². The van der Waals surface area contributed by atoms with Gasteiger partial charge in [0.15, 0.2) is 0 Å². The fourth-order valence-corrected chi connectivity index (χ4v) is 2.28. The number of carbonyl (C=O) groups is 1. The first-order chi connectivity index (χ1) is 11.7. The third-order valence-electron chi connectivity index (χ3n) is 3.51. The number of ether oxygens (including phenoxy) is 2. The van der Waals surface area contributed by atoms with Crippen molar-refractivity contribution in [2.45, 2.75) is 13.5 Å². The molecular formula is C17H16N4O3. The second-order valence-electron chi connectivity index (χ2n) is 5.19. The summed E-state index contributed by atoms with van der Waals surface area (Å²) in [6.07, 6.45) is 1.48. The maximum Gasteiger partial charge on any atom is 0.338 e. The van der Waals surface area contributed by atoms with E-state index < -0.39 is 5.97 Å². The second-order valence-corrected chi connectivity index (χ2v) is 5.19.